The molecule has 2 N–H and O–H groups in total. The number of aromatic amines is 2. The van der Waals surface area contributed by atoms with Crippen LogP contribution < -0.4 is 16.0 Å². The van der Waals surface area contributed by atoms with Crippen LogP contribution in [0, 0.1) is 10.1 Å². The molecule has 0 aliphatic carbocycles. The number of aromatic nitrogens is 2. The SMILES string of the molecule is COc1ccc2ccccc2c1/C=C\c1[nH]c(=O)[nH]c(=O)c1[N+](=O)[O-]. The minimum absolute atomic E-state index is 0.186. The summed E-state index contributed by atoms with van der Waals surface area (Å²) in [6, 6.07) is 11.2. The number of fused-ring (bicyclic) bond motifs is 1. The average molecular weight is 339 g/mol. The first-order valence-corrected chi connectivity index (χ1v) is 7.26. The van der Waals surface area contributed by atoms with Crippen LogP contribution in [-0.2, 0) is 0 Å². The molecule has 0 aliphatic rings. The second kappa shape index (κ2) is 6.44. The van der Waals surface area contributed by atoms with E-state index >= 15 is 0 Å². The molecule has 0 fully saturated rings. The van der Waals surface area contributed by atoms with Crippen molar-refractivity contribution in [2.24, 2.45) is 0 Å². The lowest BCUT2D eigenvalue weighted by molar-refractivity contribution is -0.386. The van der Waals surface area contributed by atoms with E-state index in [2.05, 4.69) is 4.98 Å². The van der Waals surface area contributed by atoms with Gasteiger partial charge < -0.3 is 9.72 Å². The standard InChI is InChI=1S/C17H13N3O5/c1-25-14-9-6-10-4-2-3-5-11(10)12(14)7-8-13-15(20(23)24)16(21)19-17(22)18-13/h2-9H,1H3,(H2,18,19,21,22)/b8-7-. The van der Waals surface area contributed by atoms with E-state index in [1.165, 1.54) is 13.2 Å². The van der Waals surface area contributed by atoms with Gasteiger partial charge in [0.1, 0.15) is 11.4 Å². The number of nitro groups is 1. The molecule has 2 aromatic carbocycles. The molecular weight excluding hydrogens is 326 g/mol. The Labute approximate surface area is 140 Å². The molecule has 3 rings (SSSR count). The van der Waals surface area contributed by atoms with Gasteiger partial charge >= 0.3 is 16.9 Å². The van der Waals surface area contributed by atoms with Crippen LogP contribution in [0.25, 0.3) is 22.9 Å². The molecule has 0 spiro atoms. The van der Waals surface area contributed by atoms with E-state index in [4.69, 9.17) is 4.74 Å². The van der Waals surface area contributed by atoms with Crippen molar-refractivity contribution in [2.45, 2.75) is 0 Å². The molecule has 3 aromatic rings. The number of nitrogens with zero attached hydrogens (tertiary/aromatic N) is 1. The van der Waals surface area contributed by atoms with Crippen molar-refractivity contribution < 1.29 is 9.66 Å². The maximum absolute atomic E-state index is 11.7. The third-order valence-corrected chi connectivity index (χ3v) is 3.70. The molecule has 0 radical (unpaired) electrons. The maximum Gasteiger partial charge on any atom is 0.357 e. The van der Waals surface area contributed by atoms with Crippen molar-refractivity contribution in [3.05, 3.63) is 78.6 Å². The molecule has 0 aliphatic heterocycles. The third-order valence-electron chi connectivity index (χ3n) is 3.70. The number of methoxy groups -OCH3 is 1. The highest BCUT2D eigenvalue weighted by molar-refractivity contribution is 5.95. The van der Waals surface area contributed by atoms with Crippen LogP contribution in [0.4, 0.5) is 5.69 Å². The van der Waals surface area contributed by atoms with Gasteiger partial charge in [-0.3, -0.25) is 19.9 Å². The number of hydrogen-bond acceptors (Lipinski definition) is 5. The van der Waals surface area contributed by atoms with Gasteiger partial charge in [0.25, 0.3) is 0 Å². The van der Waals surface area contributed by atoms with Crippen LogP contribution in [0.2, 0.25) is 0 Å². The Bertz CT molecular complexity index is 1110. The van der Waals surface area contributed by atoms with E-state index in [-0.39, 0.29) is 5.69 Å². The predicted octanol–water partition coefficient (Wildman–Crippen LogP) is 2.30. The molecule has 0 unspecified atom stereocenters. The zero-order chi connectivity index (χ0) is 18.0. The molecular formula is C17H13N3O5. The second-order valence-corrected chi connectivity index (χ2v) is 5.16. The normalized spacial score (nSPS) is 11.1. The van der Waals surface area contributed by atoms with Gasteiger partial charge in [-0.15, -0.1) is 0 Å². The van der Waals surface area contributed by atoms with Crippen molar-refractivity contribution in [1.29, 1.82) is 0 Å². The quantitative estimate of drug-likeness (QED) is 0.558. The van der Waals surface area contributed by atoms with Crippen LogP contribution in [0.15, 0.2) is 46.0 Å². The summed E-state index contributed by atoms with van der Waals surface area (Å²) in [7, 11) is 1.51. The molecule has 0 bridgehead atoms. The first-order chi connectivity index (χ1) is 12.0. The van der Waals surface area contributed by atoms with E-state index in [1.807, 2.05) is 35.3 Å². The van der Waals surface area contributed by atoms with Gasteiger partial charge in [-0.25, -0.2) is 4.79 Å². The van der Waals surface area contributed by atoms with Gasteiger partial charge in [-0.05, 0) is 29.0 Å². The fraction of sp³-hybridized carbons (Fsp3) is 0.0588. The minimum atomic E-state index is -1.06. The van der Waals surface area contributed by atoms with Crippen LogP contribution in [0.3, 0.4) is 0 Å². The highest BCUT2D eigenvalue weighted by Crippen LogP contribution is 2.29. The lowest BCUT2D eigenvalue weighted by Gasteiger charge is -2.08. The topological polar surface area (TPSA) is 118 Å². The maximum atomic E-state index is 11.7. The van der Waals surface area contributed by atoms with E-state index in [0.29, 0.717) is 11.3 Å². The number of hydrogen-bond donors (Lipinski definition) is 2. The highest BCUT2D eigenvalue weighted by Gasteiger charge is 2.19. The van der Waals surface area contributed by atoms with Crippen molar-refractivity contribution >= 4 is 28.6 Å². The second-order valence-electron chi connectivity index (χ2n) is 5.16. The van der Waals surface area contributed by atoms with Crippen molar-refractivity contribution in [2.75, 3.05) is 7.11 Å². The number of benzene rings is 2. The molecule has 0 saturated heterocycles. The van der Waals surface area contributed by atoms with Gasteiger partial charge in [0, 0.05) is 5.56 Å². The molecule has 0 amide bonds. The Hall–Kier alpha value is -3.68. The van der Waals surface area contributed by atoms with E-state index in [0.717, 1.165) is 10.8 Å². The lowest BCUT2D eigenvalue weighted by Crippen LogP contribution is -2.25. The summed E-state index contributed by atoms with van der Waals surface area (Å²) < 4.78 is 5.34. The smallest absolute Gasteiger partial charge is 0.357 e. The summed E-state index contributed by atoms with van der Waals surface area (Å²) >= 11 is 0. The van der Waals surface area contributed by atoms with Gasteiger partial charge in [0.15, 0.2) is 0 Å². The predicted molar refractivity (Wildman–Crippen MR) is 93.8 cm³/mol. The Morgan fingerprint density at radius 3 is 2.56 bits per heavy atom. The largest absolute Gasteiger partial charge is 0.496 e. The van der Waals surface area contributed by atoms with Gasteiger partial charge in [0.05, 0.1) is 12.0 Å². The molecule has 126 valence electrons. The van der Waals surface area contributed by atoms with Crippen molar-refractivity contribution in [3.63, 3.8) is 0 Å². The summed E-state index contributed by atoms with van der Waals surface area (Å²) in [5, 5.41) is 12.9. The zero-order valence-electron chi connectivity index (χ0n) is 13.1. The monoisotopic (exact) mass is 339 g/mol. The molecule has 25 heavy (non-hydrogen) atoms. The Morgan fingerprint density at radius 2 is 1.84 bits per heavy atom. The van der Waals surface area contributed by atoms with E-state index in [1.54, 1.807) is 12.1 Å². The number of rotatable bonds is 4. The molecule has 0 atom stereocenters. The first kappa shape index (κ1) is 16.2. The molecule has 8 heteroatoms. The molecule has 1 aromatic heterocycles. The third kappa shape index (κ3) is 3.05. The van der Waals surface area contributed by atoms with Crippen LogP contribution in [-0.4, -0.2) is 22.0 Å². The Kier molecular flexibility index (Phi) is 4.17. The van der Waals surface area contributed by atoms with Crippen LogP contribution in [0.1, 0.15) is 11.3 Å². The van der Waals surface area contributed by atoms with E-state index in [9.17, 15) is 19.7 Å². The first-order valence-electron chi connectivity index (χ1n) is 7.26. The fourth-order valence-corrected chi connectivity index (χ4v) is 2.59. The lowest BCUT2D eigenvalue weighted by atomic mass is 10.0. The van der Waals surface area contributed by atoms with Crippen LogP contribution in [0.5, 0.6) is 5.75 Å². The highest BCUT2D eigenvalue weighted by atomic mass is 16.6. The Balaban J connectivity index is 2.22. The van der Waals surface area contributed by atoms with Crippen LogP contribution >= 0.6 is 0 Å². The fourth-order valence-electron chi connectivity index (χ4n) is 2.59. The van der Waals surface area contributed by atoms with Crippen molar-refractivity contribution in [1.82, 2.24) is 9.97 Å². The number of nitrogens with one attached hydrogen (secondary N) is 2. The van der Waals surface area contributed by atoms with Gasteiger partial charge in [-0.2, -0.15) is 0 Å². The summed E-state index contributed by atoms with van der Waals surface area (Å²) in [5.41, 5.74) is -2.11. The zero-order valence-corrected chi connectivity index (χ0v) is 13.1. The average Bonchev–Trinajstić information content (AvgIpc) is 2.58. The molecule has 0 saturated carbocycles. The summed E-state index contributed by atoms with van der Waals surface area (Å²) in [5.74, 6) is 0.560. The molecule has 8 nitrogen and oxygen atoms in total. The van der Waals surface area contributed by atoms with Gasteiger partial charge in [0.2, 0.25) is 0 Å². The minimum Gasteiger partial charge on any atom is -0.496 e. The van der Waals surface area contributed by atoms with E-state index < -0.39 is 21.9 Å². The summed E-state index contributed by atoms with van der Waals surface area (Å²) in [6.07, 6.45) is 2.89. The number of H-pyrrole nitrogens is 2. The van der Waals surface area contributed by atoms with Gasteiger partial charge in [-0.1, -0.05) is 30.3 Å². The Morgan fingerprint density at radius 1 is 1.08 bits per heavy atom. The summed E-state index contributed by atoms with van der Waals surface area (Å²) in [6.45, 7) is 0. The molecule has 1 heterocycles. The summed E-state index contributed by atoms with van der Waals surface area (Å²) in [4.78, 5) is 37.5. The number of ether oxygens (including phenoxy) is 1. The van der Waals surface area contributed by atoms with Crippen molar-refractivity contribution in [3.8, 4) is 5.75 Å².